The molecule has 2 nitrogen and oxygen atoms in total. The van der Waals surface area contributed by atoms with Crippen molar-refractivity contribution in [1.82, 2.24) is 5.32 Å². The van der Waals surface area contributed by atoms with Crippen molar-refractivity contribution in [1.29, 1.82) is 0 Å². The van der Waals surface area contributed by atoms with Crippen LogP contribution in [-0.4, -0.2) is 6.72 Å². The Balaban J connectivity index is 0. The van der Waals surface area contributed by atoms with E-state index in [1.807, 2.05) is 32.0 Å². The molecule has 88 valence electrons. The Morgan fingerprint density at radius 3 is 2.50 bits per heavy atom. The number of benzene rings is 1. The summed E-state index contributed by atoms with van der Waals surface area (Å²) in [7, 11) is 0. The number of hydrogen-bond acceptors (Lipinski definition) is 2. The monoisotopic (exact) mass is 218 g/mol. The molecule has 0 aliphatic rings. The molecule has 0 fully saturated rings. The van der Waals surface area contributed by atoms with Crippen molar-refractivity contribution in [2.75, 3.05) is 0 Å². The number of rotatable bonds is 5. The fourth-order valence-electron chi connectivity index (χ4n) is 1.07. The molecule has 0 saturated carbocycles. The van der Waals surface area contributed by atoms with Gasteiger partial charge in [-0.1, -0.05) is 50.8 Å². The summed E-state index contributed by atoms with van der Waals surface area (Å²) in [6.07, 6.45) is 3.37. The zero-order valence-corrected chi connectivity index (χ0v) is 10.1. The van der Waals surface area contributed by atoms with Gasteiger partial charge in [0.15, 0.2) is 0 Å². The molecular formula is C14H22N2. The highest BCUT2D eigenvalue weighted by Gasteiger charge is 1.91. The first-order valence-electron chi connectivity index (χ1n) is 5.43. The van der Waals surface area contributed by atoms with Gasteiger partial charge in [0.05, 0.1) is 5.70 Å². The zero-order chi connectivity index (χ0) is 12.2. The maximum atomic E-state index is 3.67. The van der Waals surface area contributed by atoms with Crippen LogP contribution in [-0.2, 0) is 6.54 Å². The summed E-state index contributed by atoms with van der Waals surface area (Å²) in [4.78, 5) is 3.67. The number of nitrogens with one attached hydrogen (secondary N) is 1. The second kappa shape index (κ2) is 9.71. The van der Waals surface area contributed by atoms with Crippen LogP contribution in [0.2, 0.25) is 0 Å². The van der Waals surface area contributed by atoms with E-state index in [1.165, 1.54) is 5.56 Å². The minimum Gasteiger partial charge on any atom is -0.380 e. The Bertz CT molecular complexity index is 331. The Labute approximate surface area is 99.9 Å². The van der Waals surface area contributed by atoms with Crippen LogP contribution >= 0.6 is 0 Å². The Kier molecular flexibility index (Phi) is 8.60. The number of nitrogens with zero attached hydrogens (tertiary/aromatic N) is 1. The van der Waals surface area contributed by atoms with Crippen LogP contribution in [0.4, 0.5) is 0 Å². The van der Waals surface area contributed by atoms with Crippen molar-refractivity contribution in [2.24, 2.45) is 4.99 Å². The molecule has 1 N–H and O–H groups in total. The molecule has 0 aromatic heterocycles. The molecule has 0 radical (unpaired) electrons. The van der Waals surface area contributed by atoms with Gasteiger partial charge < -0.3 is 5.32 Å². The highest BCUT2D eigenvalue weighted by atomic mass is 14.9. The maximum absolute atomic E-state index is 3.67. The molecule has 1 rings (SSSR count). The first-order chi connectivity index (χ1) is 7.86. The molecule has 1 aromatic rings. The SMILES string of the molecule is C=C/C(=C\N=C)NCc1ccccc1.CC.[HH]. The Morgan fingerprint density at radius 2 is 2.00 bits per heavy atom. The molecule has 2 heteroatoms. The van der Waals surface area contributed by atoms with Gasteiger partial charge in [-0.15, -0.1) is 0 Å². The fraction of sp³-hybridized carbons (Fsp3) is 0.214. The van der Waals surface area contributed by atoms with Gasteiger partial charge in [-0.25, -0.2) is 0 Å². The third-order valence-electron chi connectivity index (χ3n) is 1.79. The number of aliphatic imine (C=N–C) groups is 1. The predicted molar refractivity (Wildman–Crippen MR) is 74.6 cm³/mol. The zero-order valence-electron chi connectivity index (χ0n) is 10.1. The summed E-state index contributed by atoms with van der Waals surface area (Å²) in [5, 5.41) is 3.20. The van der Waals surface area contributed by atoms with Crippen LogP contribution in [0.3, 0.4) is 0 Å². The van der Waals surface area contributed by atoms with Gasteiger partial charge in [0.25, 0.3) is 0 Å². The minimum absolute atomic E-state index is 0. The second-order valence-corrected chi connectivity index (χ2v) is 2.81. The molecule has 0 amide bonds. The normalized spacial score (nSPS) is 9.75. The fourth-order valence-corrected chi connectivity index (χ4v) is 1.07. The van der Waals surface area contributed by atoms with E-state index in [-0.39, 0.29) is 1.43 Å². The van der Waals surface area contributed by atoms with Gasteiger partial charge in [0, 0.05) is 14.2 Å². The Morgan fingerprint density at radius 1 is 1.38 bits per heavy atom. The van der Waals surface area contributed by atoms with Crippen molar-refractivity contribution in [3.8, 4) is 0 Å². The lowest BCUT2D eigenvalue weighted by Crippen LogP contribution is -2.10. The Hall–Kier alpha value is -1.83. The van der Waals surface area contributed by atoms with E-state index in [1.54, 1.807) is 12.3 Å². The lowest BCUT2D eigenvalue weighted by molar-refractivity contribution is 0.831. The molecule has 16 heavy (non-hydrogen) atoms. The van der Waals surface area contributed by atoms with E-state index < -0.39 is 0 Å². The van der Waals surface area contributed by atoms with Crippen molar-refractivity contribution in [2.45, 2.75) is 20.4 Å². The standard InChI is InChI=1S/C12H14N2.C2H6.H2/c1-3-12(10-13-2)14-9-11-7-5-4-6-8-11;1-2;/h3-8,10,14H,1-2,9H2;1-2H3;1H/b12-10+;;. The van der Waals surface area contributed by atoms with Crippen LogP contribution in [0, 0.1) is 0 Å². The summed E-state index contributed by atoms with van der Waals surface area (Å²) in [5.41, 5.74) is 2.10. The minimum atomic E-state index is 0. The lowest BCUT2D eigenvalue weighted by atomic mass is 10.2. The molecule has 0 saturated heterocycles. The van der Waals surface area contributed by atoms with Gasteiger partial charge in [-0.05, 0) is 18.4 Å². The summed E-state index contributed by atoms with van der Waals surface area (Å²) < 4.78 is 0. The van der Waals surface area contributed by atoms with Crippen molar-refractivity contribution in [3.63, 3.8) is 0 Å². The molecule has 1 aromatic carbocycles. The van der Waals surface area contributed by atoms with E-state index >= 15 is 0 Å². The van der Waals surface area contributed by atoms with E-state index in [4.69, 9.17) is 0 Å². The number of hydrogen-bond donors (Lipinski definition) is 1. The van der Waals surface area contributed by atoms with Gasteiger partial charge >= 0.3 is 0 Å². The van der Waals surface area contributed by atoms with Gasteiger partial charge in [-0.3, -0.25) is 4.99 Å². The average Bonchev–Trinajstić information content (AvgIpc) is 2.38. The van der Waals surface area contributed by atoms with E-state index in [0.29, 0.717) is 0 Å². The second-order valence-electron chi connectivity index (χ2n) is 2.81. The van der Waals surface area contributed by atoms with E-state index in [0.717, 1.165) is 12.2 Å². The van der Waals surface area contributed by atoms with Crippen LogP contribution in [0.15, 0.2) is 59.9 Å². The molecule has 0 spiro atoms. The lowest BCUT2D eigenvalue weighted by Gasteiger charge is -2.05. The van der Waals surface area contributed by atoms with Crippen molar-refractivity contribution < 1.29 is 1.43 Å². The van der Waals surface area contributed by atoms with Gasteiger partial charge in [-0.2, -0.15) is 0 Å². The smallest absolute Gasteiger partial charge is 0.0522 e. The highest BCUT2D eigenvalue weighted by Crippen LogP contribution is 1.99. The molecular weight excluding hydrogens is 196 g/mol. The van der Waals surface area contributed by atoms with Crippen molar-refractivity contribution in [3.05, 3.63) is 60.4 Å². The molecule has 0 unspecified atom stereocenters. The quantitative estimate of drug-likeness (QED) is 0.590. The van der Waals surface area contributed by atoms with Crippen LogP contribution in [0.1, 0.15) is 20.8 Å². The summed E-state index contributed by atoms with van der Waals surface area (Å²) in [5.74, 6) is 0. The van der Waals surface area contributed by atoms with Crippen LogP contribution in [0.5, 0.6) is 0 Å². The average molecular weight is 218 g/mol. The summed E-state index contributed by atoms with van der Waals surface area (Å²) >= 11 is 0. The molecule has 0 heterocycles. The first-order valence-corrected chi connectivity index (χ1v) is 5.43. The topological polar surface area (TPSA) is 24.4 Å². The highest BCUT2D eigenvalue weighted by molar-refractivity contribution is 5.28. The van der Waals surface area contributed by atoms with Gasteiger partial charge in [0.2, 0.25) is 0 Å². The first kappa shape index (κ1) is 14.2. The molecule has 0 bridgehead atoms. The van der Waals surface area contributed by atoms with E-state index in [2.05, 4.69) is 35.7 Å². The summed E-state index contributed by atoms with van der Waals surface area (Å²) in [6, 6.07) is 10.2. The largest absolute Gasteiger partial charge is 0.380 e. The molecule has 0 aliphatic carbocycles. The van der Waals surface area contributed by atoms with Crippen molar-refractivity contribution >= 4 is 6.72 Å². The predicted octanol–water partition coefficient (Wildman–Crippen LogP) is 3.78. The third-order valence-corrected chi connectivity index (χ3v) is 1.79. The van der Waals surface area contributed by atoms with Crippen LogP contribution in [0.25, 0.3) is 0 Å². The van der Waals surface area contributed by atoms with Gasteiger partial charge in [0.1, 0.15) is 0 Å². The van der Waals surface area contributed by atoms with Crippen LogP contribution < -0.4 is 5.32 Å². The summed E-state index contributed by atoms with van der Waals surface area (Å²) in [6.45, 7) is 11.8. The maximum Gasteiger partial charge on any atom is 0.0522 e. The van der Waals surface area contributed by atoms with E-state index in [9.17, 15) is 0 Å². The third kappa shape index (κ3) is 5.81. The molecule has 0 atom stereocenters. The number of allylic oxidation sites excluding steroid dienone is 1. The molecule has 0 aliphatic heterocycles.